The van der Waals surface area contributed by atoms with E-state index in [9.17, 15) is 34.5 Å². The highest BCUT2D eigenvalue weighted by Gasteiger charge is 2.65. The van der Waals surface area contributed by atoms with Gasteiger partial charge in [0.05, 0.1) is 18.3 Å². The van der Waals surface area contributed by atoms with E-state index < -0.39 is 35.7 Å². The van der Waals surface area contributed by atoms with Gasteiger partial charge in [0.2, 0.25) is 11.8 Å². The Kier molecular flexibility index (Phi) is 12.0. The van der Waals surface area contributed by atoms with Crippen LogP contribution in [0.25, 0.3) is 0 Å². The van der Waals surface area contributed by atoms with E-state index in [-0.39, 0.29) is 88.7 Å². The predicted octanol–water partition coefficient (Wildman–Crippen LogP) is 3.81. The molecule has 294 valence electrons. The monoisotopic (exact) mass is 754 g/mol. The number of unbranched alkanes of at least 4 members (excludes halogenated alkanes) is 1. The molecule has 0 radical (unpaired) electrons. The molecule has 0 spiro atoms. The fraction of sp³-hybridized carbons (Fsp3) is 0.805. The molecule has 6 aliphatic rings. The summed E-state index contributed by atoms with van der Waals surface area (Å²) in [5.41, 5.74) is 0.651. The molecular formula is C41H62N4O7S. The number of terminal acetylenes is 1. The molecule has 11 nitrogen and oxygen atoms in total. The quantitative estimate of drug-likeness (QED) is 0.0994. The second-order valence-electron chi connectivity index (χ2n) is 17.7. The number of aliphatic hydroxyl groups is 3. The number of amides is 4. The Hall–Kier alpha value is -2.59. The Balaban J connectivity index is 1.04. The van der Waals surface area contributed by atoms with Crippen LogP contribution < -0.4 is 16.0 Å². The number of hydrogen-bond acceptors (Lipinski definition) is 8. The molecule has 6 rings (SSSR count). The van der Waals surface area contributed by atoms with Gasteiger partial charge in [-0.2, -0.15) is 0 Å². The topological polar surface area (TPSA) is 168 Å². The van der Waals surface area contributed by atoms with E-state index >= 15 is 0 Å². The summed E-state index contributed by atoms with van der Waals surface area (Å²) in [7, 11) is 0. The van der Waals surface area contributed by atoms with Gasteiger partial charge in [-0.15, -0.1) is 24.1 Å². The largest absolute Gasteiger partial charge is 0.393 e. The van der Waals surface area contributed by atoms with Crippen molar-refractivity contribution in [1.29, 1.82) is 0 Å². The molecule has 12 heteroatoms. The fourth-order valence-electron chi connectivity index (χ4n) is 11.8. The highest BCUT2D eigenvalue weighted by Crippen LogP contribution is 2.68. The molecule has 5 fully saturated rings. The molecule has 4 aliphatic carbocycles. The van der Waals surface area contributed by atoms with Gasteiger partial charge in [0, 0.05) is 25.0 Å². The summed E-state index contributed by atoms with van der Waals surface area (Å²) < 4.78 is 0. The van der Waals surface area contributed by atoms with Crippen molar-refractivity contribution < 1.29 is 34.5 Å². The molecule has 0 bridgehead atoms. The summed E-state index contributed by atoms with van der Waals surface area (Å²) in [6, 6.07) is -0.738. The SMILES string of the molecule is C#CCC(NC(=O)CCCC)NC(=O)C1=C(C)CSC2C(NC(=O)CCC(C)C3CCC4C5C(O)CC6CC(O)CCC6(C)C5CC(O)C34C)C(=O)N12. The highest BCUT2D eigenvalue weighted by molar-refractivity contribution is 8.00. The number of carbonyl (C=O) groups excluding carboxylic acids is 4. The molecule has 0 aromatic heterocycles. The van der Waals surface area contributed by atoms with Crippen molar-refractivity contribution >= 4 is 35.4 Å². The van der Waals surface area contributed by atoms with Crippen LogP contribution in [0.4, 0.5) is 0 Å². The maximum absolute atomic E-state index is 13.5. The fourth-order valence-corrected chi connectivity index (χ4v) is 13.1. The summed E-state index contributed by atoms with van der Waals surface area (Å²) >= 11 is 1.51. The van der Waals surface area contributed by atoms with Gasteiger partial charge >= 0.3 is 0 Å². The van der Waals surface area contributed by atoms with Crippen molar-refractivity contribution in [3.63, 3.8) is 0 Å². The zero-order chi connectivity index (χ0) is 38.4. The maximum atomic E-state index is 13.5. The molecule has 14 unspecified atom stereocenters. The normalized spacial score (nSPS) is 40.0. The molecule has 2 aliphatic heterocycles. The minimum Gasteiger partial charge on any atom is -0.393 e. The van der Waals surface area contributed by atoms with E-state index in [0.29, 0.717) is 25.0 Å². The Bertz CT molecular complexity index is 1510. The van der Waals surface area contributed by atoms with Crippen molar-refractivity contribution in [2.24, 2.45) is 46.3 Å². The first-order valence-electron chi connectivity index (χ1n) is 20.2. The zero-order valence-corrected chi connectivity index (χ0v) is 33.1. The van der Waals surface area contributed by atoms with Gasteiger partial charge in [0.25, 0.3) is 11.8 Å². The molecule has 6 N–H and O–H groups in total. The smallest absolute Gasteiger partial charge is 0.269 e. The van der Waals surface area contributed by atoms with Crippen LogP contribution in [0.5, 0.6) is 0 Å². The van der Waals surface area contributed by atoms with Crippen LogP contribution >= 0.6 is 11.8 Å². The van der Waals surface area contributed by atoms with Crippen molar-refractivity contribution in [2.45, 2.75) is 154 Å². The number of β-lactam (4-membered cyclic amide) rings is 1. The van der Waals surface area contributed by atoms with Crippen LogP contribution in [0.1, 0.15) is 118 Å². The second kappa shape index (κ2) is 15.9. The number of rotatable bonds is 12. The molecule has 1 saturated heterocycles. The van der Waals surface area contributed by atoms with Crippen LogP contribution in [-0.4, -0.2) is 85.5 Å². The van der Waals surface area contributed by atoms with E-state index in [1.807, 2.05) is 6.92 Å². The molecule has 0 aromatic carbocycles. The van der Waals surface area contributed by atoms with Crippen LogP contribution in [0.2, 0.25) is 0 Å². The van der Waals surface area contributed by atoms with Crippen molar-refractivity contribution in [3.8, 4) is 12.3 Å². The van der Waals surface area contributed by atoms with Crippen LogP contribution in [-0.2, 0) is 19.2 Å². The lowest BCUT2D eigenvalue weighted by Crippen LogP contribution is -2.71. The van der Waals surface area contributed by atoms with E-state index in [4.69, 9.17) is 6.42 Å². The first kappa shape index (κ1) is 40.1. The van der Waals surface area contributed by atoms with Crippen LogP contribution in [0, 0.1) is 58.7 Å². The predicted molar refractivity (Wildman–Crippen MR) is 203 cm³/mol. The number of hydrogen-bond donors (Lipinski definition) is 6. The lowest BCUT2D eigenvalue weighted by atomic mass is 9.43. The Morgan fingerprint density at radius 1 is 1.04 bits per heavy atom. The Morgan fingerprint density at radius 2 is 1.79 bits per heavy atom. The van der Waals surface area contributed by atoms with Gasteiger partial charge in [0.15, 0.2) is 0 Å². The van der Waals surface area contributed by atoms with E-state index in [0.717, 1.165) is 56.9 Å². The third kappa shape index (κ3) is 7.29. The van der Waals surface area contributed by atoms with Crippen molar-refractivity contribution in [1.82, 2.24) is 20.9 Å². The van der Waals surface area contributed by atoms with E-state index in [1.165, 1.54) is 16.7 Å². The summed E-state index contributed by atoms with van der Waals surface area (Å²) in [6.07, 6.45) is 12.2. The third-order valence-corrected chi connectivity index (χ3v) is 16.2. The Labute approximate surface area is 319 Å². The molecule has 14 atom stereocenters. The number of aliphatic hydroxyl groups excluding tert-OH is 3. The van der Waals surface area contributed by atoms with Crippen molar-refractivity contribution in [3.05, 3.63) is 11.3 Å². The maximum Gasteiger partial charge on any atom is 0.269 e. The number of nitrogens with zero attached hydrogens (tertiary/aromatic N) is 1. The summed E-state index contributed by atoms with van der Waals surface area (Å²) in [5.74, 6) is 3.01. The van der Waals surface area contributed by atoms with E-state index in [2.05, 4.69) is 42.6 Å². The van der Waals surface area contributed by atoms with Gasteiger partial charge in [-0.1, -0.05) is 34.1 Å². The number of thioether (sulfide) groups is 1. The van der Waals surface area contributed by atoms with E-state index in [1.54, 1.807) is 6.92 Å². The van der Waals surface area contributed by atoms with Crippen LogP contribution in [0.3, 0.4) is 0 Å². The lowest BCUT2D eigenvalue weighted by molar-refractivity contribution is -0.207. The van der Waals surface area contributed by atoms with Gasteiger partial charge in [-0.3, -0.25) is 24.1 Å². The number of nitrogens with one attached hydrogen (secondary N) is 3. The molecule has 53 heavy (non-hydrogen) atoms. The first-order valence-corrected chi connectivity index (χ1v) is 21.2. The third-order valence-electron chi connectivity index (χ3n) is 14.8. The Morgan fingerprint density at radius 3 is 2.51 bits per heavy atom. The molecule has 4 amide bonds. The summed E-state index contributed by atoms with van der Waals surface area (Å²) in [5, 5.41) is 42.1. The second-order valence-corrected chi connectivity index (χ2v) is 18.8. The van der Waals surface area contributed by atoms with Gasteiger partial charge in [-0.25, -0.2) is 0 Å². The zero-order valence-electron chi connectivity index (χ0n) is 32.2. The molecular weight excluding hydrogens is 693 g/mol. The average molecular weight is 755 g/mol. The molecule has 4 saturated carbocycles. The van der Waals surface area contributed by atoms with Gasteiger partial charge in [-0.05, 0) is 117 Å². The summed E-state index contributed by atoms with van der Waals surface area (Å²) in [4.78, 5) is 54.1. The van der Waals surface area contributed by atoms with Crippen molar-refractivity contribution in [2.75, 3.05) is 5.75 Å². The first-order chi connectivity index (χ1) is 25.1. The molecule has 0 aromatic rings. The lowest BCUT2D eigenvalue weighted by Gasteiger charge is -2.63. The minimum absolute atomic E-state index is 0.0212. The highest BCUT2D eigenvalue weighted by atomic mass is 32.2. The average Bonchev–Trinajstić information content (AvgIpc) is 3.48. The van der Waals surface area contributed by atoms with Crippen LogP contribution in [0.15, 0.2) is 11.3 Å². The van der Waals surface area contributed by atoms with Gasteiger partial charge < -0.3 is 31.3 Å². The number of carbonyl (C=O) groups is 4. The molecule has 2 heterocycles. The summed E-state index contributed by atoms with van der Waals surface area (Å²) in [6.45, 7) is 10.5. The number of fused-ring (bicyclic) bond motifs is 6. The van der Waals surface area contributed by atoms with Gasteiger partial charge in [0.1, 0.15) is 23.3 Å². The minimum atomic E-state index is -0.761. The standard InChI is InChI=1S/C41H62N4O7S/c1-7-9-11-32(49)42-31(10-8-2)43-37(51)36-23(4)21-53-39-35(38(52)45(36)39)44-33(50)15-12-22(3)26-13-14-27-34-28(20-30(48)41(26,27)6)40(5)17-16-25(46)18-24(40)19-29(34)47/h2,22,24-31,34-35,39,46-48H,7,9-21H2,1,3-6H3,(H,42,49)(H,43,51)(H,44,50).